The molecule has 0 saturated carbocycles. The number of benzene rings is 2. The van der Waals surface area contributed by atoms with Crippen LogP contribution in [0.3, 0.4) is 0 Å². The molecular weight excluding hydrogens is 482 g/mol. The number of carbonyl (C=O) groups excluding carboxylic acids is 2. The predicted octanol–water partition coefficient (Wildman–Crippen LogP) is 4.59. The summed E-state index contributed by atoms with van der Waals surface area (Å²) in [5.41, 5.74) is 3.24. The molecule has 0 aromatic heterocycles. The molecule has 7 nitrogen and oxygen atoms in total. The van der Waals surface area contributed by atoms with Crippen molar-refractivity contribution in [3.63, 3.8) is 0 Å². The number of amides is 2. The van der Waals surface area contributed by atoms with Crippen molar-refractivity contribution in [3.8, 4) is 0 Å². The number of hydrogen-bond acceptors (Lipinski definition) is 5. The van der Waals surface area contributed by atoms with Gasteiger partial charge in [-0.15, -0.1) is 11.8 Å². The lowest BCUT2D eigenvalue weighted by Gasteiger charge is -2.27. The molecule has 0 bridgehead atoms. The molecular formula is C26H33N3O4S2. The van der Waals surface area contributed by atoms with Crippen LogP contribution in [0.4, 0.5) is 11.4 Å². The molecule has 4 rings (SSSR count). The first-order valence-corrected chi connectivity index (χ1v) is 14.5. The van der Waals surface area contributed by atoms with Gasteiger partial charge < -0.3 is 10.2 Å². The standard InChI is InChI=1S/C26H33N3O4S2/c1-4-20-10-8-9-18(2)26(20)27-24(30)17-29-22-16-21(35(32,33)28-13-6-5-7-14-28)11-12-23(22)34-19(3)15-25(29)31/h8-12,16,19H,4-7,13-15,17H2,1-3H3,(H,27,30). The fourth-order valence-corrected chi connectivity index (χ4v) is 7.30. The predicted molar refractivity (Wildman–Crippen MR) is 141 cm³/mol. The maximum absolute atomic E-state index is 13.3. The van der Waals surface area contributed by atoms with Gasteiger partial charge in [-0.1, -0.05) is 38.5 Å². The molecule has 9 heteroatoms. The van der Waals surface area contributed by atoms with Gasteiger partial charge >= 0.3 is 0 Å². The first-order chi connectivity index (χ1) is 16.7. The molecule has 1 fully saturated rings. The number of fused-ring (bicyclic) bond motifs is 1. The summed E-state index contributed by atoms with van der Waals surface area (Å²) < 4.78 is 28.2. The maximum Gasteiger partial charge on any atom is 0.244 e. The molecule has 0 spiro atoms. The van der Waals surface area contributed by atoms with Crippen LogP contribution in [0.5, 0.6) is 0 Å². The summed E-state index contributed by atoms with van der Waals surface area (Å²) in [6.07, 6.45) is 3.77. The van der Waals surface area contributed by atoms with Crippen molar-refractivity contribution in [1.29, 1.82) is 0 Å². The maximum atomic E-state index is 13.3. The Bertz CT molecular complexity index is 1220. The van der Waals surface area contributed by atoms with Crippen LogP contribution in [-0.4, -0.2) is 49.4 Å². The van der Waals surface area contributed by atoms with Crippen molar-refractivity contribution in [1.82, 2.24) is 4.31 Å². The van der Waals surface area contributed by atoms with Crippen LogP contribution in [0.1, 0.15) is 50.7 Å². The van der Waals surface area contributed by atoms with Crippen molar-refractivity contribution < 1.29 is 18.0 Å². The number of sulfonamides is 1. The van der Waals surface area contributed by atoms with Crippen LogP contribution < -0.4 is 10.2 Å². The van der Waals surface area contributed by atoms with Crippen LogP contribution in [0, 0.1) is 6.92 Å². The zero-order valence-corrected chi connectivity index (χ0v) is 22.2. The molecule has 0 aliphatic carbocycles. The summed E-state index contributed by atoms with van der Waals surface area (Å²) in [4.78, 5) is 28.8. The van der Waals surface area contributed by atoms with Crippen LogP contribution >= 0.6 is 11.8 Å². The second-order valence-electron chi connectivity index (χ2n) is 9.22. The smallest absolute Gasteiger partial charge is 0.244 e. The number of anilines is 2. The number of nitrogens with zero attached hydrogens (tertiary/aromatic N) is 2. The molecule has 2 aliphatic rings. The van der Waals surface area contributed by atoms with Crippen molar-refractivity contribution in [3.05, 3.63) is 47.5 Å². The molecule has 35 heavy (non-hydrogen) atoms. The van der Waals surface area contributed by atoms with Crippen LogP contribution in [-0.2, 0) is 26.0 Å². The second-order valence-corrected chi connectivity index (χ2v) is 12.6. The van der Waals surface area contributed by atoms with E-state index in [1.165, 1.54) is 21.0 Å². The highest BCUT2D eigenvalue weighted by Gasteiger charge is 2.32. The third-order valence-electron chi connectivity index (χ3n) is 6.57. The van der Waals surface area contributed by atoms with Gasteiger partial charge in [0, 0.05) is 35.3 Å². The van der Waals surface area contributed by atoms with E-state index >= 15 is 0 Å². The monoisotopic (exact) mass is 515 g/mol. The third kappa shape index (κ3) is 5.57. The molecule has 1 saturated heterocycles. The summed E-state index contributed by atoms with van der Waals surface area (Å²) in [5, 5.41) is 3.01. The minimum atomic E-state index is -3.67. The van der Waals surface area contributed by atoms with Gasteiger partial charge in [-0.25, -0.2) is 8.42 Å². The van der Waals surface area contributed by atoms with E-state index in [0.717, 1.165) is 47.4 Å². The van der Waals surface area contributed by atoms with Gasteiger partial charge in [0.15, 0.2) is 0 Å². The summed E-state index contributed by atoms with van der Waals surface area (Å²) in [5.74, 6) is -0.496. The average Bonchev–Trinajstić information content (AvgIpc) is 2.95. The molecule has 1 atom stereocenters. The van der Waals surface area contributed by atoms with Crippen molar-refractivity contribution in [2.75, 3.05) is 29.9 Å². The van der Waals surface area contributed by atoms with Crippen LogP contribution in [0.15, 0.2) is 46.2 Å². The van der Waals surface area contributed by atoms with E-state index in [2.05, 4.69) is 5.32 Å². The summed E-state index contributed by atoms with van der Waals surface area (Å²) in [6.45, 7) is 6.77. The lowest BCUT2D eigenvalue weighted by atomic mass is 10.1. The number of thioether (sulfide) groups is 1. The van der Waals surface area contributed by atoms with Crippen molar-refractivity contribution >= 4 is 45.0 Å². The van der Waals surface area contributed by atoms with E-state index in [9.17, 15) is 18.0 Å². The van der Waals surface area contributed by atoms with E-state index in [0.29, 0.717) is 18.8 Å². The van der Waals surface area contributed by atoms with Gasteiger partial charge in [0.1, 0.15) is 6.54 Å². The lowest BCUT2D eigenvalue weighted by molar-refractivity contribution is -0.121. The number of para-hydroxylation sites is 1. The highest BCUT2D eigenvalue weighted by atomic mass is 32.2. The minimum absolute atomic E-state index is 0.0157. The molecule has 2 heterocycles. The van der Waals surface area contributed by atoms with E-state index in [-0.39, 0.29) is 34.9 Å². The Morgan fingerprint density at radius 1 is 1.14 bits per heavy atom. The topological polar surface area (TPSA) is 86.8 Å². The summed E-state index contributed by atoms with van der Waals surface area (Å²) in [7, 11) is -3.67. The fourth-order valence-electron chi connectivity index (χ4n) is 4.67. The third-order valence-corrected chi connectivity index (χ3v) is 9.63. The number of hydrogen-bond donors (Lipinski definition) is 1. The Hall–Kier alpha value is -2.36. The van der Waals surface area contributed by atoms with Crippen LogP contribution in [0.25, 0.3) is 0 Å². The minimum Gasteiger partial charge on any atom is -0.324 e. The van der Waals surface area contributed by atoms with E-state index < -0.39 is 10.0 Å². The molecule has 0 radical (unpaired) electrons. The van der Waals surface area contributed by atoms with E-state index in [1.54, 1.807) is 18.2 Å². The normalized spacial score (nSPS) is 19.2. The van der Waals surface area contributed by atoms with Gasteiger partial charge in [-0.3, -0.25) is 9.59 Å². The molecule has 2 aliphatic heterocycles. The molecule has 2 aromatic carbocycles. The number of rotatable bonds is 6. The SMILES string of the molecule is CCc1cccc(C)c1NC(=O)CN1C(=O)CC(C)Sc2ccc(S(=O)(=O)N3CCCCC3)cc21. The Morgan fingerprint density at radius 3 is 2.60 bits per heavy atom. The Labute approximate surface area is 212 Å². The molecule has 1 N–H and O–H groups in total. The Kier molecular flexibility index (Phi) is 7.88. The summed E-state index contributed by atoms with van der Waals surface area (Å²) in [6, 6.07) is 10.8. The quantitative estimate of drug-likeness (QED) is 0.608. The Morgan fingerprint density at radius 2 is 1.89 bits per heavy atom. The number of piperidine rings is 1. The number of carbonyl (C=O) groups is 2. The highest BCUT2D eigenvalue weighted by Crippen LogP contribution is 2.40. The zero-order chi connectivity index (χ0) is 25.2. The van der Waals surface area contributed by atoms with Crippen molar-refractivity contribution in [2.45, 2.75) is 67.9 Å². The van der Waals surface area contributed by atoms with Gasteiger partial charge in [-0.2, -0.15) is 4.31 Å². The summed E-state index contributed by atoms with van der Waals surface area (Å²) >= 11 is 1.53. The van der Waals surface area contributed by atoms with Crippen molar-refractivity contribution in [2.24, 2.45) is 0 Å². The van der Waals surface area contributed by atoms with Gasteiger partial charge in [0.05, 0.1) is 10.6 Å². The number of aryl methyl sites for hydroxylation is 2. The largest absolute Gasteiger partial charge is 0.324 e. The van der Waals surface area contributed by atoms with Gasteiger partial charge in [0.25, 0.3) is 0 Å². The zero-order valence-electron chi connectivity index (χ0n) is 20.5. The van der Waals surface area contributed by atoms with Gasteiger partial charge in [-0.05, 0) is 55.5 Å². The molecule has 188 valence electrons. The first kappa shape index (κ1) is 25.7. The average molecular weight is 516 g/mol. The molecule has 1 unspecified atom stereocenters. The molecule has 2 amide bonds. The Balaban J connectivity index is 1.66. The van der Waals surface area contributed by atoms with E-state index in [1.807, 2.05) is 39.0 Å². The van der Waals surface area contributed by atoms with Crippen LogP contribution in [0.2, 0.25) is 0 Å². The van der Waals surface area contributed by atoms with E-state index in [4.69, 9.17) is 0 Å². The van der Waals surface area contributed by atoms with Gasteiger partial charge in [0.2, 0.25) is 21.8 Å². The highest BCUT2D eigenvalue weighted by molar-refractivity contribution is 8.00. The fraction of sp³-hybridized carbons (Fsp3) is 0.462. The lowest BCUT2D eigenvalue weighted by Crippen LogP contribution is -2.39. The first-order valence-electron chi connectivity index (χ1n) is 12.2. The second kappa shape index (κ2) is 10.7. The number of nitrogens with one attached hydrogen (secondary N) is 1. The molecule has 2 aromatic rings.